The van der Waals surface area contributed by atoms with Gasteiger partial charge in [0.15, 0.2) is 11.5 Å². The summed E-state index contributed by atoms with van der Waals surface area (Å²) in [6, 6.07) is 17.1. The molecule has 0 aliphatic carbocycles. The van der Waals surface area contributed by atoms with Crippen LogP contribution in [0.5, 0.6) is 17.2 Å². The molecule has 4 nitrogen and oxygen atoms in total. The van der Waals surface area contributed by atoms with Crippen LogP contribution in [0.1, 0.15) is 0 Å². The summed E-state index contributed by atoms with van der Waals surface area (Å²) in [5.74, 6) is 1.11. The molecule has 1 N–H and O–H groups in total. The van der Waals surface area contributed by atoms with Gasteiger partial charge in [-0.3, -0.25) is 0 Å². The van der Waals surface area contributed by atoms with Gasteiger partial charge in [-0.15, -0.1) is 0 Å². The van der Waals surface area contributed by atoms with E-state index in [0.29, 0.717) is 22.2 Å². The second-order valence-electron chi connectivity index (χ2n) is 5.71. The van der Waals surface area contributed by atoms with Gasteiger partial charge in [0, 0.05) is 26.9 Å². The SMILES string of the molecule is COc1cc(O)c(N2c3ccccc3Sc3ccc(Cl)cc32)cc1OC. The molecule has 3 aromatic carbocycles. The molecular formula is C20H16ClNO3S. The van der Waals surface area contributed by atoms with Crippen LogP contribution in [0.15, 0.2) is 64.4 Å². The number of nitrogens with zero attached hydrogens (tertiary/aromatic N) is 1. The Hall–Kier alpha value is -2.50. The zero-order chi connectivity index (χ0) is 18.3. The van der Waals surface area contributed by atoms with E-state index in [2.05, 4.69) is 6.07 Å². The third-order valence-corrected chi connectivity index (χ3v) is 5.57. The average Bonchev–Trinajstić information content (AvgIpc) is 2.66. The summed E-state index contributed by atoms with van der Waals surface area (Å²) in [7, 11) is 3.11. The average molecular weight is 386 g/mol. The van der Waals surface area contributed by atoms with E-state index < -0.39 is 0 Å². The summed E-state index contributed by atoms with van der Waals surface area (Å²) in [4.78, 5) is 4.14. The maximum Gasteiger partial charge on any atom is 0.164 e. The molecule has 0 fully saturated rings. The number of para-hydroxylation sites is 1. The van der Waals surface area contributed by atoms with Crippen molar-refractivity contribution in [3.05, 3.63) is 59.6 Å². The summed E-state index contributed by atoms with van der Waals surface area (Å²) in [6.07, 6.45) is 0. The van der Waals surface area contributed by atoms with E-state index in [4.69, 9.17) is 21.1 Å². The lowest BCUT2D eigenvalue weighted by atomic mass is 10.1. The first-order valence-electron chi connectivity index (χ1n) is 7.94. The number of benzene rings is 3. The van der Waals surface area contributed by atoms with Gasteiger partial charge in [0.05, 0.1) is 31.3 Å². The van der Waals surface area contributed by atoms with Crippen molar-refractivity contribution >= 4 is 40.4 Å². The van der Waals surface area contributed by atoms with Crippen molar-refractivity contribution in [1.29, 1.82) is 0 Å². The molecule has 1 aliphatic heterocycles. The summed E-state index contributed by atoms with van der Waals surface area (Å²) in [6.45, 7) is 0. The van der Waals surface area contributed by atoms with Gasteiger partial charge in [0.2, 0.25) is 0 Å². The van der Waals surface area contributed by atoms with E-state index in [-0.39, 0.29) is 5.75 Å². The van der Waals surface area contributed by atoms with Crippen molar-refractivity contribution in [3.63, 3.8) is 0 Å². The molecule has 0 spiro atoms. The highest BCUT2D eigenvalue weighted by molar-refractivity contribution is 7.99. The summed E-state index contributed by atoms with van der Waals surface area (Å²) >= 11 is 7.93. The van der Waals surface area contributed by atoms with Gasteiger partial charge >= 0.3 is 0 Å². The molecule has 0 radical (unpaired) electrons. The first kappa shape index (κ1) is 16.9. The maximum atomic E-state index is 10.7. The Balaban J connectivity index is 1.98. The number of methoxy groups -OCH3 is 2. The summed E-state index contributed by atoms with van der Waals surface area (Å²) in [5, 5.41) is 11.3. The van der Waals surface area contributed by atoms with Gasteiger partial charge in [-0.05, 0) is 30.3 Å². The minimum absolute atomic E-state index is 0.0929. The quantitative estimate of drug-likeness (QED) is 0.468. The molecule has 6 heteroatoms. The Labute approximate surface area is 160 Å². The number of halogens is 1. The van der Waals surface area contributed by atoms with Crippen molar-refractivity contribution in [2.24, 2.45) is 0 Å². The fourth-order valence-corrected chi connectivity index (χ4v) is 4.23. The normalized spacial score (nSPS) is 12.3. The first-order chi connectivity index (χ1) is 12.6. The molecule has 132 valence electrons. The molecule has 1 heterocycles. The molecule has 26 heavy (non-hydrogen) atoms. The van der Waals surface area contributed by atoms with E-state index in [9.17, 15) is 5.11 Å². The molecule has 0 saturated carbocycles. The van der Waals surface area contributed by atoms with Crippen LogP contribution in [0, 0.1) is 0 Å². The molecule has 0 aromatic heterocycles. The lowest BCUT2D eigenvalue weighted by molar-refractivity contribution is 0.351. The zero-order valence-electron chi connectivity index (χ0n) is 14.2. The summed E-state index contributed by atoms with van der Waals surface area (Å²) < 4.78 is 10.7. The van der Waals surface area contributed by atoms with Gasteiger partial charge in [0.25, 0.3) is 0 Å². The highest BCUT2D eigenvalue weighted by Gasteiger charge is 2.27. The molecule has 4 rings (SSSR count). The largest absolute Gasteiger partial charge is 0.506 e. The van der Waals surface area contributed by atoms with Crippen LogP contribution < -0.4 is 14.4 Å². The predicted octanol–water partition coefficient (Wildman–Crippen LogP) is 6.00. The second-order valence-corrected chi connectivity index (χ2v) is 7.23. The fraction of sp³-hybridized carbons (Fsp3) is 0.100. The zero-order valence-corrected chi connectivity index (χ0v) is 15.8. The first-order valence-corrected chi connectivity index (χ1v) is 9.13. The number of aromatic hydroxyl groups is 1. The van der Waals surface area contributed by atoms with Crippen molar-refractivity contribution < 1.29 is 14.6 Å². The van der Waals surface area contributed by atoms with E-state index in [1.165, 1.54) is 0 Å². The van der Waals surface area contributed by atoms with Gasteiger partial charge in [-0.2, -0.15) is 0 Å². The van der Waals surface area contributed by atoms with E-state index >= 15 is 0 Å². The topological polar surface area (TPSA) is 41.9 Å². The predicted molar refractivity (Wildman–Crippen MR) is 105 cm³/mol. The molecule has 0 unspecified atom stereocenters. The van der Waals surface area contributed by atoms with Crippen LogP contribution in [0.4, 0.5) is 17.1 Å². The second kappa shape index (κ2) is 6.67. The van der Waals surface area contributed by atoms with Crippen molar-refractivity contribution in [3.8, 4) is 17.2 Å². The van der Waals surface area contributed by atoms with Crippen molar-refractivity contribution in [2.45, 2.75) is 9.79 Å². The number of fused-ring (bicyclic) bond motifs is 2. The van der Waals surface area contributed by atoms with E-state index in [0.717, 1.165) is 21.2 Å². The van der Waals surface area contributed by atoms with Crippen LogP contribution >= 0.6 is 23.4 Å². The lowest BCUT2D eigenvalue weighted by Gasteiger charge is -2.33. The van der Waals surface area contributed by atoms with E-state index in [1.807, 2.05) is 41.3 Å². The van der Waals surface area contributed by atoms with Crippen LogP contribution in [-0.2, 0) is 0 Å². The number of phenolic OH excluding ortho intramolecular Hbond substituents is 1. The van der Waals surface area contributed by atoms with Gasteiger partial charge in [-0.1, -0.05) is 35.5 Å². The molecule has 0 bridgehead atoms. The van der Waals surface area contributed by atoms with Crippen LogP contribution in [-0.4, -0.2) is 19.3 Å². The van der Waals surface area contributed by atoms with E-state index in [1.54, 1.807) is 38.1 Å². The molecule has 3 aromatic rings. The molecule has 0 saturated heterocycles. The van der Waals surface area contributed by atoms with Crippen LogP contribution in [0.2, 0.25) is 5.02 Å². The Morgan fingerprint density at radius 2 is 1.54 bits per heavy atom. The number of hydrogen-bond acceptors (Lipinski definition) is 5. The van der Waals surface area contributed by atoms with Crippen LogP contribution in [0.3, 0.4) is 0 Å². The van der Waals surface area contributed by atoms with Crippen molar-refractivity contribution in [2.75, 3.05) is 19.1 Å². The highest BCUT2D eigenvalue weighted by atomic mass is 35.5. The van der Waals surface area contributed by atoms with Crippen molar-refractivity contribution in [1.82, 2.24) is 0 Å². The molecular weight excluding hydrogens is 370 g/mol. The smallest absolute Gasteiger partial charge is 0.164 e. The summed E-state index contributed by atoms with van der Waals surface area (Å²) in [5.41, 5.74) is 2.47. The van der Waals surface area contributed by atoms with Gasteiger partial charge in [0.1, 0.15) is 5.75 Å². The standard InChI is InChI=1S/C20H16ClNO3S/c1-24-17-10-14(16(23)11-18(17)25-2)22-13-5-3-4-6-19(13)26-20-8-7-12(21)9-15(20)22/h3-11,23H,1-2H3. The fourth-order valence-electron chi connectivity index (χ4n) is 3.02. The molecule has 1 aliphatic rings. The number of hydrogen-bond donors (Lipinski definition) is 1. The molecule has 0 atom stereocenters. The van der Waals surface area contributed by atoms with Gasteiger partial charge in [-0.25, -0.2) is 0 Å². The Morgan fingerprint density at radius 3 is 2.31 bits per heavy atom. The number of phenols is 1. The Kier molecular flexibility index (Phi) is 4.34. The maximum absolute atomic E-state index is 10.7. The van der Waals surface area contributed by atoms with Gasteiger partial charge < -0.3 is 19.5 Å². The number of anilines is 3. The number of ether oxygens (including phenoxy) is 2. The minimum atomic E-state index is 0.0929. The molecule has 0 amide bonds. The number of rotatable bonds is 3. The highest BCUT2D eigenvalue weighted by Crippen LogP contribution is 2.54. The monoisotopic (exact) mass is 385 g/mol. The third kappa shape index (κ3) is 2.73. The third-order valence-electron chi connectivity index (χ3n) is 4.21. The Morgan fingerprint density at radius 1 is 0.846 bits per heavy atom. The minimum Gasteiger partial charge on any atom is -0.506 e. The lowest BCUT2D eigenvalue weighted by Crippen LogP contribution is -2.15. The Bertz CT molecular complexity index is 993. The van der Waals surface area contributed by atoms with Crippen LogP contribution in [0.25, 0.3) is 0 Å².